The predicted octanol–water partition coefficient (Wildman–Crippen LogP) is 5.91. The Labute approximate surface area is 156 Å². The van der Waals surface area contributed by atoms with Crippen LogP contribution in [0.5, 0.6) is 0 Å². The van der Waals surface area contributed by atoms with Gasteiger partial charge in [0, 0.05) is 7.11 Å². The Kier molecular flexibility index (Phi) is 6.28. The van der Waals surface area contributed by atoms with E-state index in [0.717, 1.165) is 24.3 Å². The summed E-state index contributed by atoms with van der Waals surface area (Å²) in [4.78, 5) is 0. The number of ether oxygens (including phenoxy) is 1. The number of hydrogen-bond acceptors (Lipinski definition) is 2. The lowest BCUT2D eigenvalue weighted by Crippen LogP contribution is -2.67. The largest absolute Gasteiger partial charge is 0.460 e. The van der Waals surface area contributed by atoms with Gasteiger partial charge in [-0.15, -0.1) is 0 Å². The van der Waals surface area contributed by atoms with Crippen molar-refractivity contribution in [3.63, 3.8) is 0 Å². The first-order valence-electron chi connectivity index (χ1n) is 7.44. The van der Waals surface area contributed by atoms with Crippen LogP contribution in [0.2, 0.25) is 0 Å². The van der Waals surface area contributed by atoms with E-state index in [4.69, 9.17) is 5.26 Å². The molecule has 0 bridgehead atoms. The van der Waals surface area contributed by atoms with E-state index in [1.54, 1.807) is 6.07 Å². The van der Waals surface area contributed by atoms with E-state index >= 15 is 0 Å². The molecule has 0 saturated carbocycles. The zero-order valence-electron chi connectivity index (χ0n) is 14.5. The summed E-state index contributed by atoms with van der Waals surface area (Å²) in [7, 11) is 0.703. The average Bonchev–Trinajstić information content (AvgIpc) is 2.59. The van der Waals surface area contributed by atoms with Crippen LogP contribution in [-0.4, -0.2) is 37.0 Å². The van der Waals surface area contributed by atoms with Gasteiger partial charge in [0.1, 0.15) is 0 Å². The van der Waals surface area contributed by atoms with Gasteiger partial charge in [0.05, 0.1) is 23.7 Å². The summed E-state index contributed by atoms with van der Waals surface area (Å²) in [6.07, 6.45) is -9.59. The Hall–Kier alpha value is -2.10. The zero-order chi connectivity index (χ0) is 23.1. The van der Waals surface area contributed by atoms with Gasteiger partial charge in [-0.3, -0.25) is 0 Å². The minimum Gasteiger partial charge on any atom is -0.374 e. The van der Waals surface area contributed by atoms with Crippen LogP contribution in [0.4, 0.5) is 48.3 Å². The highest BCUT2D eigenvalue weighted by molar-refractivity contribution is 5.34. The van der Waals surface area contributed by atoms with Crippen molar-refractivity contribution in [1.29, 1.82) is 5.26 Å². The van der Waals surface area contributed by atoms with Crippen molar-refractivity contribution in [2.45, 2.75) is 48.8 Å². The lowest BCUT2D eigenvalue weighted by Gasteiger charge is -2.40. The second-order valence-corrected chi connectivity index (χ2v) is 6.23. The molecule has 1 aromatic carbocycles. The van der Waals surface area contributed by atoms with Gasteiger partial charge in [0.2, 0.25) is 0 Å². The van der Waals surface area contributed by atoms with E-state index in [9.17, 15) is 48.3 Å². The molecule has 1 rings (SSSR count). The maximum Gasteiger partial charge on any atom is 0.460 e. The standard InChI is InChI=1S/C16H12F11NO/c1-11(29-2,10-5-3-9(7-28)4-6-10)8-12(17,18)13(19,20)14(21,22)15(23,24)16(25,26)27/h3-6H,8H2,1-2H3. The molecule has 2 nitrogen and oxygen atoms in total. The molecule has 0 spiro atoms. The molecule has 0 aliphatic carbocycles. The Balaban J connectivity index is 3.41. The molecule has 0 heterocycles. The second-order valence-electron chi connectivity index (χ2n) is 6.23. The van der Waals surface area contributed by atoms with Crippen molar-refractivity contribution in [3.8, 4) is 6.07 Å². The molecule has 0 fully saturated rings. The van der Waals surface area contributed by atoms with Crippen LogP contribution >= 0.6 is 0 Å². The van der Waals surface area contributed by atoms with Crippen molar-refractivity contribution in [2.75, 3.05) is 7.11 Å². The molecule has 0 aliphatic rings. The van der Waals surface area contributed by atoms with E-state index < -0.39 is 41.9 Å². The molecule has 0 N–H and O–H groups in total. The van der Waals surface area contributed by atoms with Gasteiger partial charge in [-0.1, -0.05) is 12.1 Å². The first-order valence-corrected chi connectivity index (χ1v) is 7.44. The highest BCUT2D eigenvalue weighted by Gasteiger charge is 2.87. The number of nitriles is 1. The smallest absolute Gasteiger partial charge is 0.374 e. The van der Waals surface area contributed by atoms with Gasteiger partial charge >= 0.3 is 29.9 Å². The van der Waals surface area contributed by atoms with Crippen molar-refractivity contribution in [3.05, 3.63) is 35.4 Å². The lowest BCUT2D eigenvalue weighted by atomic mass is 9.84. The fourth-order valence-electron chi connectivity index (χ4n) is 2.33. The molecule has 1 atom stereocenters. The molecule has 164 valence electrons. The van der Waals surface area contributed by atoms with Crippen molar-refractivity contribution in [2.24, 2.45) is 0 Å². The molecule has 29 heavy (non-hydrogen) atoms. The molecule has 0 radical (unpaired) electrons. The maximum absolute atomic E-state index is 14.1. The highest BCUT2D eigenvalue weighted by Crippen LogP contribution is 2.59. The van der Waals surface area contributed by atoms with Gasteiger partial charge in [-0.05, 0) is 24.6 Å². The Morgan fingerprint density at radius 1 is 0.793 bits per heavy atom. The van der Waals surface area contributed by atoms with Crippen molar-refractivity contribution >= 4 is 0 Å². The SMILES string of the molecule is COC(C)(CC(F)(F)C(F)(F)C(F)(F)C(F)(F)C(F)(F)F)c1ccc(C#N)cc1. The van der Waals surface area contributed by atoms with Crippen LogP contribution in [0.25, 0.3) is 0 Å². The molecule has 0 aromatic heterocycles. The first-order chi connectivity index (χ1) is 12.8. The lowest BCUT2D eigenvalue weighted by molar-refractivity contribution is -0.424. The number of alkyl halides is 11. The van der Waals surface area contributed by atoms with Crippen LogP contribution in [0.15, 0.2) is 24.3 Å². The minimum absolute atomic E-state index is 0.000598. The van der Waals surface area contributed by atoms with E-state index in [2.05, 4.69) is 4.74 Å². The molecule has 13 heteroatoms. The third-order valence-corrected chi connectivity index (χ3v) is 4.24. The van der Waals surface area contributed by atoms with E-state index in [-0.39, 0.29) is 11.1 Å². The molecular formula is C16H12F11NO. The molecule has 0 amide bonds. The van der Waals surface area contributed by atoms with Gasteiger partial charge in [-0.2, -0.15) is 53.6 Å². The number of hydrogen-bond donors (Lipinski definition) is 0. The van der Waals surface area contributed by atoms with E-state index in [1.165, 1.54) is 0 Å². The summed E-state index contributed by atoms with van der Waals surface area (Å²) in [5, 5.41) is 8.67. The monoisotopic (exact) mass is 443 g/mol. The molecule has 0 aliphatic heterocycles. The summed E-state index contributed by atoms with van der Waals surface area (Å²) in [5.41, 5.74) is -2.86. The second kappa shape index (κ2) is 7.30. The zero-order valence-corrected chi connectivity index (χ0v) is 14.5. The van der Waals surface area contributed by atoms with Gasteiger partial charge in [-0.25, -0.2) is 0 Å². The molecule has 0 saturated heterocycles. The van der Waals surface area contributed by atoms with E-state index in [1.807, 2.05) is 0 Å². The van der Waals surface area contributed by atoms with Gasteiger partial charge in [0.25, 0.3) is 0 Å². The number of halogens is 11. The fraction of sp³-hybridized carbons (Fsp3) is 0.562. The van der Waals surface area contributed by atoms with Gasteiger partial charge in [0.15, 0.2) is 0 Å². The molecular weight excluding hydrogens is 431 g/mol. The van der Waals surface area contributed by atoms with Crippen molar-refractivity contribution in [1.82, 2.24) is 0 Å². The topological polar surface area (TPSA) is 33.0 Å². The van der Waals surface area contributed by atoms with Crippen LogP contribution in [0.3, 0.4) is 0 Å². The van der Waals surface area contributed by atoms with Crippen LogP contribution in [0, 0.1) is 11.3 Å². The third-order valence-electron chi connectivity index (χ3n) is 4.24. The van der Waals surface area contributed by atoms with E-state index in [0.29, 0.717) is 14.0 Å². The fourth-order valence-corrected chi connectivity index (χ4v) is 2.33. The summed E-state index contributed by atoms with van der Waals surface area (Å²) < 4.78 is 149. The number of nitrogens with zero attached hydrogens (tertiary/aromatic N) is 1. The molecule has 1 aromatic rings. The molecule has 1 unspecified atom stereocenters. The quantitative estimate of drug-likeness (QED) is 0.491. The summed E-state index contributed by atoms with van der Waals surface area (Å²) in [5.74, 6) is -28.1. The Bertz CT molecular complexity index is 765. The number of benzene rings is 1. The average molecular weight is 443 g/mol. The Morgan fingerprint density at radius 3 is 1.59 bits per heavy atom. The number of methoxy groups -OCH3 is 1. The van der Waals surface area contributed by atoms with Crippen LogP contribution in [-0.2, 0) is 10.3 Å². The van der Waals surface area contributed by atoms with Crippen molar-refractivity contribution < 1.29 is 53.0 Å². The van der Waals surface area contributed by atoms with Crippen LogP contribution < -0.4 is 0 Å². The summed E-state index contributed by atoms with van der Waals surface area (Å²) in [6.45, 7) is 0.707. The first kappa shape index (κ1) is 24.9. The predicted molar refractivity (Wildman–Crippen MR) is 76.0 cm³/mol. The normalized spacial score (nSPS) is 16.3. The summed E-state index contributed by atoms with van der Waals surface area (Å²) >= 11 is 0. The minimum atomic E-state index is -7.47. The third kappa shape index (κ3) is 3.99. The van der Waals surface area contributed by atoms with Gasteiger partial charge < -0.3 is 4.74 Å². The van der Waals surface area contributed by atoms with Crippen LogP contribution in [0.1, 0.15) is 24.5 Å². The summed E-state index contributed by atoms with van der Waals surface area (Å²) in [6, 6.07) is 5.61. The highest BCUT2D eigenvalue weighted by atomic mass is 19.4. The number of rotatable bonds is 7. The maximum atomic E-state index is 14.1. The Morgan fingerprint density at radius 2 is 1.24 bits per heavy atom.